The second-order valence-corrected chi connectivity index (χ2v) is 3.99. The van der Waals surface area contributed by atoms with Crippen LogP contribution < -0.4 is 5.73 Å². The standard InChI is InChI=1S/C9H17N3/c1-8-6-12(7-11-8)5-4-9(2,3)10/h6-7H,4-5,10H2,1-3H3. The summed E-state index contributed by atoms with van der Waals surface area (Å²) in [6.45, 7) is 7.02. The summed E-state index contributed by atoms with van der Waals surface area (Å²) in [4.78, 5) is 4.14. The Morgan fingerprint density at radius 1 is 1.58 bits per heavy atom. The van der Waals surface area contributed by atoms with E-state index in [-0.39, 0.29) is 5.54 Å². The summed E-state index contributed by atoms with van der Waals surface area (Å²) in [6.07, 6.45) is 4.86. The average Bonchev–Trinajstić information content (AvgIpc) is 2.30. The SMILES string of the molecule is Cc1cn(CCC(C)(C)N)cn1. The van der Waals surface area contributed by atoms with E-state index in [1.165, 1.54) is 0 Å². The Balaban J connectivity index is 2.44. The maximum absolute atomic E-state index is 5.86. The van der Waals surface area contributed by atoms with Crippen LogP contribution in [0.2, 0.25) is 0 Å². The Morgan fingerprint density at radius 3 is 2.67 bits per heavy atom. The van der Waals surface area contributed by atoms with Crippen molar-refractivity contribution in [3.63, 3.8) is 0 Å². The number of imidazole rings is 1. The minimum atomic E-state index is -0.0851. The normalized spacial score (nSPS) is 12.0. The van der Waals surface area contributed by atoms with Gasteiger partial charge in [0, 0.05) is 18.3 Å². The van der Waals surface area contributed by atoms with Crippen LogP contribution in [0.25, 0.3) is 0 Å². The lowest BCUT2D eigenvalue weighted by Crippen LogP contribution is -2.32. The molecule has 0 unspecified atom stereocenters. The van der Waals surface area contributed by atoms with E-state index in [1.54, 1.807) is 0 Å². The van der Waals surface area contributed by atoms with Crippen molar-refractivity contribution in [2.75, 3.05) is 0 Å². The van der Waals surface area contributed by atoms with Gasteiger partial charge in [-0.05, 0) is 27.2 Å². The lowest BCUT2D eigenvalue weighted by atomic mass is 10.0. The van der Waals surface area contributed by atoms with Gasteiger partial charge in [0.2, 0.25) is 0 Å². The van der Waals surface area contributed by atoms with Crippen molar-refractivity contribution >= 4 is 0 Å². The summed E-state index contributed by atoms with van der Waals surface area (Å²) >= 11 is 0. The van der Waals surface area contributed by atoms with Gasteiger partial charge >= 0.3 is 0 Å². The maximum atomic E-state index is 5.86. The predicted molar refractivity (Wildman–Crippen MR) is 49.8 cm³/mol. The van der Waals surface area contributed by atoms with Gasteiger partial charge in [0.1, 0.15) is 0 Å². The third-order valence-corrected chi connectivity index (χ3v) is 1.78. The highest BCUT2D eigenvalue weighted by atomic mass is 15.0. The summed E-state index contributed by atoms with van der Waals surface area (Å²) in [5, 5.41) is 0. The zero-order valence-electron chi connectivity index (χ0n) is 8.04. The molecule has 2 N–H and O–H groups in total. The second kappa shape index (κ2) is 3.27. The first-order valence-electron chi connectivity index (χ1n) is 4.25. The van der Waals surface area contributed by atoms with Crippen LogP contribution in [-0.4, -0.2) is 15.1 Å². The van der Waals surface area contributed by atoms with Crippen LogP contribution >= 0.6 is 0 Å². The topological polar surface area (TPSA) is 43.8 Å². The van der Waals surface area contributed by atoms with Crippen LogP contribution in [0.15, 0.2) is 12.5 Å². The molecule has 68 valence electrons. The molecule has 0 radical (unpaired) electrons. The van der Waals surface area contributed by atoms with Gasteiger partial charge in [0.25, 0.3) is 0 Å². The quantitative estimate of drug-likeness (QED) is 0.737. The number of hydrogen-bond acceptors (Lipinski definition) is 2. The van der Waals surface area contributed by atoms with E-state index in [4.69, 9.17) is 5.73 Å². The van der Waals surface area contributed by atoms with Crippen molar-refractivity contribution in [2.24, 2.45) is 5.73 Å². The molecule has 12 heavy (non-hydrogen) atoms. The van der Waals surface area contributed by atoms with E-state index in [2.05, 4.69) is 9.55 Å². The lowest BCUT2D eigenvalue weighted by Gasteiger charge is -2.17. The van der Waals surface area contributed by atoms with Gasteiger partial charge in [-0.15, -0.1) is 0 Å². The highest BCUT2D eigenvalue weighted by Crippen LogP contribution is 2.05. The van der Waals surface area contributed by atoms with Crippen LogP contribution in [0.5, 0.6) is 0 Å². The lowest BCUT2D eigenvalue weighted by molar-refractivity contribution is 0.436. The summed E-state index contributed by atoms with van der Waals surface area (Å²) in [6, 6.07) is 0. The molecule has 0 spiro atoms. The molecule has 0 aliphatic carbocycles. The Morgan fingerprint density at radius 2 is 2.25 bits per heavy atom. The van der Waals surface area contributed by atoms with Gasteiger partial charge in [-0.2, -0.15) is 0 Å². The van der Waals surface area contributed by atoms with Gasteiger partial charge in [-0.1, -0.05) is 0 Å². The molecule has 1 heterocycles. The predicted octanol–water partition coefficient (Wildman–Crippen LogP) is 1.32. The fourth-order valence-corrected chi connectivity index (χ4v) is 1.01. The molecular formula is C9H17N3. The molecule has 3 heteroatoms. The molecular weight excluding hydrogens is 150 g/mol. The number of rotatable bonds is 3. The van der Waals surface area contributed by atoms with Gasteiger partial charge in [-0.3, -0.25) is 0 Å². The van der Waals surface area contributed by atoms with Crippen molar-refractivity contribution in [2.45, 2.75) is 39.3 Å². The van der Waals surface area contributed by atoms with Crippen LogP contribution in [-0.2, 0) is 6.54 Å². The summed E-state index contributed by atoms with van der Waals surface area (Å²) in [5.74, 6) is 0. The number of aryl methyl sites for hydroxylation is 2. The summed E-state index contributed by atoms with van der Waals surface area (Å²) in [5.41, 5.74) is 6.83. The number of hydrogen-bond donors (Lipinski definition) is 1. The van der Waals surface area contributed by atoms with E-state index < -0.39 is 0 Å². The molecule has 1 rings (SSSR count). The Labute approximate surface area is 73.6 Å². The molecule has 0 amide bonds. The van der Waals surface area contributed by atoms with Crippen molar-refractivity contribution in [3.8, 4) is 0 Å². The first kappa shape index (κ1) is 9.26. The zero-order chi connectivity index (χ0) is 9.19. The Bertz CT molecular complexity index is 245. The minimum Gasteiger partial charge on any atom is -0.337 e. The van der Waals surface area contributed by atoms with Crippen molar-refractivity contribution in [1.29, 1.82) is 0 Å². The largest absolute Gasteiger partial charge is 0.337 e. The van der Waals surface area contributed by atoms with E-state index >= 15 is 0 Å². The van der Waals surface area contributed by atoms with Gasteiger partial charge in [-0.25, -0.2) is 4.98 Å². The number of nitrogens with zero attached hydrogens (tertiary/aromatic N) is 2. The first-order valence-corrected chi connectivity index (χ1v) is 4.25. The van der Waals surface area contributed by atoms with E-state index in [0.29, 0.717) is 0 Å². The van der Waals surface area contributed by atoms with Gasteiger partial charge in [0.05, 0.1) is 12.0 Å². The Kier molecular flexibility index (Phi) is 2.52. The van der Waals surface area contributed by atoms with Crippen LogP contribution in [0.3, 0.4) is 0 Å². The minimum absolute atomic E-state index is 0.0851. The van der Waals surface area contributed by atoms with E-state index in [9.17, 15) is 0 Å². The molecule has 0 bridgehead atoms. The number of nitrogens with two attached hydrogens (primary N) is 1. The summed E-state index contributed by atoms with van der Waals surface area (Å²) < 4.78 is 2.07. The molecule has 0 aliphatic rings. The highest BCUT2D eigenvalue weighted by Gasteiger charge is 2.09. The zero-order valence-corrected chi connectivity index (χ0v) is 8.04. The Hall–Kier alpha value is -0.830. The van der Waals surface area contributed by atoms with Crippen molar-refractivity contribution in [3.05, 3.63) is 18.2 Å². The smallest absolute Gasteiger partial charge is 0.0949 e. The highest BCUT2D eigenvalue weighted by molar-refractivity contribution is 4.92. The van der Waals surface area contributed by atoms with Crippen LogP contribution in [0.4, 0.5) is 0 Å². The average molecular weight is 167 g/mol. The fourth-order valence-electron chi connectivity index (χ4n) is 1.01. The monoisotopic (exact) mass is 167 g/mol. The first-order chi connectivity index (χ1) is 5.47. The van der Waals surface area contributed by atoms with E-state index in [1.807, 2.05) is 33.3 Å². The molecule has 0 fully saturated rings. The van der Waals surface area contributed by atoms with Crippen LogP contribution in [0.1, 0.15) is 26.0 Å². The molecule has 0 saturated heterocycles. The number of aromatic nitrogens is 2. The third-order valence-electron chi connectivity index (χ3n) is 1.78. The maximum Gasteiger partial charge on any atom is 0.0949 e. The molecule has 3 nitrogen and oxygen atoms in total. The second-order valence-electron chi connectivity index (χ2n) is 3.99. The third kappa shape index (κ3) is 3.05. The molecule has 0 aromatic carbocycles. The van der Waals surface area contributed by atoms with Crippen molar-refractivity contribution in [1.82, 2.24) is 9.55 Å². The molecule has 0 saturated carbocycles. The van der Waals surface area contributed by atoms with E-state index in [0.717, 1.165) is 18.7 Å². The van der Waals surface area contributed by atoms with Gasteiger partial charge in [0.15, 0.2) is 0 Å². The van der Waals surface area contributed by atoms with Gasteiger partial charge < -0.3 is 10.3 Å². The fraction of sp³-hybridized carbons (Fsp3) is 0.667. The van der Waals surface area contributed by atoms with Crippen molar-refractivity contribution < 1.29 is 0 Å². The molecule has 0 atom stereocenters. The van der Waals surface area contributed by atoms with Crippen LogP contribution in [0, 0.1) is 6.92 Å². The molecule has 0 aliphatic heterocycles. The summed E-state index contributed by atoms with van der Waals surface area (Å²) in [7, 11) is 0. The molecule has 1 aromatic heterocycles. The molecule has 1 aromatic rings.